The predicted molar refractivity (Wildman–Crippen MR) is 63.1 cm³/mol. The molecule has 1 N–H and O–H groups in total. The summed E-state index contributed by atoms with van der Waals surface area (Å²) in [5.41, 5.74) is 2.66. The molecular weight excluding hydrogens is 200 g/mol. The highest BCUT2D eigenvalue weighted by atomic mass is 16.1. The van der Waals surface area contributed by atoms with E-state index in [-0.39, 0.29) is 5.91 Å². The van der Waals surface area contributed by atoms with Gasteiger partial charge in [-0.15, -0.1) is 0 Å². The molecule has 0 spiro atoms. The summed E-state index contributed by atoms with van der Waals surface area (Å²) in [6.07, 6.45) is 3.51. The second-order valence-electron chi connectivity index (χ2n) is 3.40. The first-order chi connectivity index (χ1) is 7.81. The van der Waals surface area contributed by atoms with Crippen molar-refractivity contribution >= 4 is 5.91 Å². The van der Waals surface area contributed by atoms with Gasteiger partial charge in [0.25, 0.3) is 5.91 Å². The third-order valence-electron chi connectivity index (χ3n) is 2.35. The topological polar surface area (TPSA) is 42.0 Å². The van der Waals surface area contributed by atoms with Crippen LogP contribution in [0.5, 0.6) is 0 Å². The van der Waals surface area contributed by atoms with Crippen molar-refractivity contribution in [3.8, 4) is 11.1 Å². The van der Waals surface area contributed by atoms with Crippen molar-refractivity contribution in [2.24, 2.45) is 0 Å². The fourth-order valence-corrected chi connectivity index (χ4v) is 1.52. The number of carbonyl (C=O) groups excluding carboxylic acids is 1. The average molecular weight is 212 g/mol. The van der Waals surface area contributed by atoms with Gasteiger partial charge in [-0.25, -0.2) is 0 Å². The van der Waals surface area contributed by atoms with E-state index in [2.05, 4.69) is 10.3 Å². The average Bonchev–Trinajstić information content (AvgIpc) is 2.39. The fraction of sp³-hybridized carbons (Fsp3) is 0.0769. The third kappa shape index (κ3) is 2.08. The Hall–Kier alpha value is -2.16. The van der Waals surface area contributed by atoms with E-state index in [9.17, 15) is 4.79 Å². The van der Waals surface area contributed by atoms with Crippen molar-refractivity contribution in [2.75, 3.05) is 7.05 Å². The SMILES string of the molecule is CNC(=O)c1cccc(-c2cccnc2)c1. The maximum absolute atomic E-state index is 11.5. The Morgan fingerprint density at radius 3 is 2.69 bits per heavy atom. The summed E-state index contributed by atoms with van der Waals surface area (Å²) >= 11 is 0. The Morgan fingerprint density at radius 1 is 1.19 bits per heavy atom. The minimum Gasteiger partial charge on any atom is -0.355 e. The number of amides is 1. The number of pyridine rings is 1. The first kappa shape index (κ1) is 10.4. The molecular formula is C13H12N2O. The van der Waals surface area contributed by atoms with Gasteiger partial charge in [0.2, 0.25) is 0 Å². The van der Waals surface area contributed by atoms with Gasteiger partial charge in [0.15, 0.2) is 0 Å². The Bertz CT molecular complexity index is 494. The summed E-state index contributed by atoms with van der Waals surface area (Å²) in [5.74, 6) is -0.0780. The van der Waals surface area contributed by atoms with E-state index in [4.69, 9.17) is 0 Å². The highest BCUT2D eigenvalue weighted by Crippen LogP contribution is 2.18. The Morgan fingerprint density at radius 2 is 2.00 bits per heavy atom. The number of rotatable bonds is 2. The summed E-state index contributed by atoms with van der Waals surface area (Å²) in [6.45, 7) is 0. The predicted octanol–water partition coefficient (Wildman–Crippen LogP) is 2.11. The largest absolute Gasteiger partial charge is 0.355 e. The minimum atomic E-state index is -0.0780. The van der Waals surface area contributed by atoms with Crippen LogP contribution in [-0.4, -0.2) is 17.9 Å². The van der Waals surface area contributed by atoms with Gasteiger partial charge in [-0.1, -0.05) is 18.2 Å². The van der Waals surface area contributed by atoms with Crippen molar-refractivity contribution in [1.29, 1.82) is 0 Å². The molecule has 0 saturated carbocycles. The van der Waals surface area contributed by atoms with E-state index < -0.39 is 0 Å². The minimum absolute atomic E-state index is 0.0780. The molecule has 0 aliphatic heterocycles. The maximum atomic E-state index is 11.5. The molecule has 0 bridgehead atoms. The van der Waals surface area contributed by atoms with E-state index in [1.165, 1.54) is 0 Å². The van der Waals surface area contributed by atoms with Gasteiger partial charge >= 0.3 is 0 Å². The lowest BCUT2D eigenvalue weighted by atomic mass is 10.0. The van der Waals surface area contributed by atoms with Crippen molar-refractivity contribution in [3.63, 3.8) is 0 Å². The zero-order valence-electron chi connectivity index (χ0n) is 8.97. The van der Waals surface area contributed by atoms with E-state index in [1.54, 1.807) is 25.5 Å². The molecule has 0 atom stereocenters. The molecule has 1 heterocycles. The van der Waals surface area contributed by atoms with E-state index in [0.29, 0.717) is 5.56 Å². The number of nitrogens with zero attached hydrogens (tertiary/aromatic N) is 1. The number of hydrogen-bond donors (Lipinski definition) is 1. The second kappa shape index (κ2) is 4.57. The van der Waals surface area contributed by atoms with Crippen LogP contribution in [0.1, 0.15) is 10.4 Å². The number of benzene rings is 1. The molecule has 0 fully saturated rings. The molecule has 16 heavy (non-hydrogen) atoms. The van der Waals surface area contributed by atoms with Gasteiger partial charge in [-0.05, 0) is 23.8 Å². The van der Waals surface area contributed by atoms with Gasteiger partial charge in [0, 0.05) is 30.6 Å². The van der Waals surface area contributed by atoms with Crippen molar-refractivity contribution in [2.45, 2.75) is 0 Å². The van der Waals surface area contributed by atoms with Gasteiger partial charge in [-0.2, -0.15) is 0 Å². The van der Waals surface area contributed by atoms with Crippen molar-refractivity contribution in [3.05, 3.63) is 54.4 Å². The summed E-state index contributed by atoms with van der Waals surface area (Å²) < 4.78 is 0. The van der Waals surface area contributed by atoms with Gasteiger partial charge < -0.3 is 5.32 Å². The molecule has 1 aromatic carbocycles. The second-order valence-corrected chi connectivity index (χ2v) is 3.40. The summed E-state index contributed by atoms with van der Waals surface area (Å²) in [5, 5.41) is 2.61. The van der Waals surface area contributed by atoms with E-state index in [1.807, 2.05) is 30.3 Å². The molecule has 1 aromatic heterocycles. The number of aromatic nitrogens is 1. The summed E-state index contributed by atoms with van der Waals surface area (Å²) in [7, 11) is 1.62. The normalized spacial score (nSPS) is 9.81. The lowest BCUT2D eigenvalue weighted by molar-refractivity contribution is 0.0963. The van der Waals surface area contributed by atoms with Gasteiger partial charge in [0.05, 0.1) is 0 Å². The zero-order chi connectivity index (χ0) is 11.4. The lowest BCUT2D eigenvalue weighted by Crippen LogP contribution is -2.17. The van der Waals surface area contributed by atoms with Crippen LogP contribution in [0.15, 0.2) is 48.8 Å². The molecule has 0 saturated heterocycles. The molecule has 1 amide bonds. The van der Waals surface area contributed by atoms with Gasteiger partial charge in [-0.3, -0.25) is 9.78 Å². The van der Waals surface area contributed by atoms with Crippen LogP contribution in [0.2, 0.25) is 0 Å². The molecule has 3 heteroatoms. The molecule has 2 aromatic rings. The monoisotopic (exact) mass is 212 g/mol. The van der Waals surface area contributed by atoms with Crippen LogP contribution in [-0.2, 0) is 0 Å². The Balaban J connectivity index is 2.40. The van der Waals surface area contributed by atoms with Crippen molar-refractivity contribution < 1.29 is 4.79 Å². The van der Waals surface area contributed by atoms with Crippen LogP contribution in [0.25, 0.3) is 11.1 Å². The Kier molecular flexibility index (Phi) is 2.96. The molecule has 0 aliphatic carbocycles. The summed E-state index contributed by atoms with van der Waals surface area (Å²) in [6, 6.07) is 11.3. The van der Waals surface area contributed by atoms with Crippen LogP contribution in [0, 0.1) is 0 Å². The lowest BCUT2D eigenvalue weighted by Gasteiger charge is -2.03. The first-order valence-electron chi connectivity index (χ1n) is 5.04. The van der Waals surface area contributed by atoms with Crippen LogP contribution in [0.4, 0.5) is 0 Å². The molecule has 0 unspecified atom stereocenters. The number of nitrogens with one attached hydrogen (secondary N) is 1. The third-order valence-corrected chi connectivity index (χ3v) is 2.35. The molecule has 80 valence electrons. The van der Waals surface area contributed by atoms with Crippen molar-refractivity contribution in [1.82, 2.24) is 10.3 Å². The van der Waals surface area contributed by atoms with Crippen LogP contribution in [0.3, 0.4) is 0 Å². The molecule has 2 rings (SSSR count). The van der Waals surface area contributed by atoms with Crippen LogP contribution >= 0.6 is 0 Å². The molecule has 0 aliphatic rings. The number of hydrogen-bond acceptors (Lipinski definition) is 2. The molecule has 0 radical (unpaired) electrons. The summed E-state index contributed by atoms with van der Waals surface area (Å²) in [4.78, 5) is 15.5. The van der Waals surface area contributed by atoms with Gasteiger partial charge in [0.1, 0.15) is 0 Å². The number of carbonyl (C=O) groups is 1. The zero-order valence-corrected chi connectivity index (χ0v) is 8.97. The standard InChI is InChI=1S/C13H12N2O/c1-14-13(16)11-5-2-4-10(8-11)12-6-3-7-15-9-12/h2-9H,1H3,(H,14,16). The van der Waals surface area contributed by atoms with E-state index >= 15 is 0 Å². The first-order valence-corrected chi connectivity index (χ1v) is 5.04. The quantitative estimate of drug-likeness (QED) is 0.828. The van der Waals surface area contributed by atoms with Crippen LogP contribution < -0.4 is 5.32 Å². The highest BCUT2D eigenvalue weighted by molar-refractivity contribution is 5.95. The smallest absolute Gasteiger partial charge is 0.251 e. The van der Waals surface area contributed by atoms with E-state index in [0.717, 1.165) is 11.1 Å². The fourth-order valence-electron chi connectivity index (χ4n) is 1.52. The maximum Gasteiger partial charge on any atom is 0.251 e. The Labute approximate surface area is 94.1 Å². The molecule has 3 nitrogen and oxygen atoms in total. The highest BCUT2D eigenvalue weighted by Gasteiger charge is 2.04.